The van der Waals surface area contributed by atoms with Gasteiger partial charge in [0.1, 0.15) is 0 Å². The van der Waals surface area contributed by atoms with Crippen molar-refractivity contribution in [3.8, 4) is 5.97 Å². The van der Waals surface area contributed by atoms with E-state index < -0.39 is 4.70 Å². The quantitative estimate of drug-likeness (QED) is 0.210. The molecule has 5 heteroatoms. The molecule has 3 aromatic rings. The minimum absolute atomic E-state index is 0.147. The molecule has 2 nitrogen and oxygen atoms in total. The molecular formula is C33H41BN2S2. The Labute approximate surface area is 238 Å². The Morgan fingerprint density at radius 3 is 1.58 bits per heavy atom. The molecule has 0 radical (unpaired) electrons. The zero-order valence-corrected chi connectivity index (χ0v) is 25.8. The van der Waals surface area contributed by atoms with Gasteiger partial charge in [0.25, 0.3) is 0 Å². The fourth-order valence-corrected chi connectivity index (χ4v) is 9.82. The summed E-state index contributed by atoms with van der Waals surface area (Å²) in [5.41, 5.74) is 4.97. The number of para-hydroxylation sites is 1. The maximum atomic E-state index is 11.3. The topological polar surface area (TPSA) is 26.8 Å². The third kappa shape index (κ3) is 5.49. The summed E-state index contributed by atoms with van der Waals surface area (Å²) in [5.74, 6) is 3.70. The summed E-state index contributed by atoms with van der Waals surface area (Å²) in [7, 11) is 0. The molecule has 3 aromatic carbocycles. The molecule has 198 valence electrons. The lowest BCUT2D eigenvalue weighted by molar-refractivity contribution is -0.515. The molecular weight excluding hydrogens is 499 g/mol. The van der Waals surface area contributed by atoms with Crippen molar-refractivity contribution >= 4 is 39.2 Å². The summed E-state index contributed by atoms with van der Waals surface area (Å²) in [4.78, 5) is 2.26. The highest BCUT2D eigenvalue weighted by atomic mass is 32.2. The van der Waals surface area contributed by atoms with Crippen LogP contribution in [-0.2, 0) is 0 Å². The Balaban J connectivity index is 2.13. The monoisotopic (exact) mass is 540 g/mol. The van der Waals surface area contributed by atoms with E-state index in [2.05, 4.69) is 133 Å². The fourth-order valence-electron chi connectivity index (χ4n) is 6.39. The summed E-state index contributed by atoms with van der Waals surface area (Å²) < 4.78 is 0.828. The largest absolute Gasteiger partial charge is 0.306 e. The van der Waals surface area contributed by atoms with Crippen molar-refractivity contribution in [3.63, 3.8) is 0 Å². The van der Waals surface area contributed by atoms with Crippen LogP contribution in [0.15, 0.2) is 88.7 Å². The predicted octanol–water partition coefficient (Wildman–Crippen LogP) is 9.86. The van der Waals surface area contributed by atoms with Gasteiger partial charge in [-0.05, 0) is 21.6 Å². The molecule has 0 bridgehead atoms. The van der Waals surface area contributed by atoms with E-state index in [1.807, 2.05) is 12.1 Å². The van der Waals surface area contributed by atoms with Gasteiger partial charge in [-0.1, -0.05) is 120 Å². The molecule has 1 aliphatic heterocycles. The minimum atomic E-state index is -1.79. The minimum Gasteiger partial charge on any atom is -0.300 e. The second kappa shape index (κ2) is 11.0. The molecule has 0 unspecified atom stereocenters. The van der Waals surface area contributed by atoms with Crippen molar-refractivity contribution in [2.45, 2.75) is 89.0 Å². The number of nitriles is 1. The van der Waals surface area contributed by atoms with E-state index in [4.69, 9.17) is 0 Å². The molecule has 1 aliphatic rings. The van der Waals surface area contributed by atoms with Gasteiger partial charge in [-0.3, -0.25) is 0 Å². The van der Waals surface area contributed by atoms with Gasteiger partial charge in [-0.15, -0.1) is 5.97 Å². The molecule has 0 spiro atoms. The number of hydrogen-bond donors (Lipinski definition) is 0. The van der Waals surface area contributed by atoms with Crippen LogP contribution in [0.5, 0.6) is 0 Å². The van der Waals surface area contributed by atoms with Gasteiger partial charge in [0.2, 0.25) is 5.69 Å². The van der Waals surface area contributed by atoms with Crippen LogP contribution in [0, 0.1) is 16.6 Å². The molecule has 0 saturated heterocycles. The highest BCUT2D eigenvalue weighted by Gasteiger charge is 2.57. The van der Waals surface area contributed by atoms with Crippen LogP contribution in [0.3, 0.4) is 0 Å². The number of rotatable bonds is 8. The maximum Gasteiger partial charge on any atom is 0.306 e. The number of nitrogens with zero attached hydrogens (tertiary/aromatic N) is 2. The maximum absolute atomic E-state index is 11.3. The lowest BCUT2D eigenvalue weighted by Crippen LogP contribution is -2.47. The average Bonchev–Trinajstić information content (AvgIpc) is 3.07. The Hall–Kier alpha value is -2.42. The molecule has 0 N–H and O–H groups in total. The zero-order valence-electron chi connectivity index (χ0n) is 24.2. The van der Waals surface area contributed by atoms with E-state index in [0.29, 0.717) is 11.8 Å². The van der Waals surface area contributed by atoms with Crippen LogP contribution in [0.1, 0.15) is 84.8 Å². The van der Waals surface area contributed by atoms with Gasteiger partial charge in [0.05, 0.1) is 0 Å². The van der Waals surface area contributed by atoms with Gasteiger partial charge < -0.3 is 23.2 Å². The lowest BCUT2D eigenvalue weighted by atomic mass is 9.59. The van der Waals surface area contributed by atoms with Crippen LogP contribution in [0.25, 0.3) is 0 Å². The Morgan fingerprint density at radius 2 is 1.18 bits per heavy atom. The lowest BCUT2D eigenvalue weighted by Gasteiger charge is -2.38. The highest BCUT2D eigenvalue weighted by Crippen LogP contribution is 2.54. The highest BCUT2D eigenvalue weighted by molar-refractivity contribution is 8.62. The van der Waals surface area contributed by atoms with Gasteiger partial charge >= 0.3 is 4.70 Å². The first-order chi connectivity index (χ1) is 17.9. The Morgan fingerprint density at radius 1 is 0.737 bits per heavy atom. The van der Waals surface area contributed by atoms with Crippen LogP contribution in [0.4, 0.5) is 5.69 Å². The van der Waals surface area contributed by atoms with E-state index in [1.165, 1.54) is 22.4 Å². The first-order valence-corrected chi connectivity index (χ1v) is 15.5. The summed E-state index contributed by atoms with van der Waals surface area (Å²) >= 11 is 3.49. The SMILES string of the molecule is CC(C)c1cccc(C(C)C)c1[N+]1=C([B-](C#N)(Sc2ccccc2)Sc2ccccc2)C(C)(C)CC1(C)C. The van der Waals surface area contributed by atoms with E-state index in [0.717, 1.165) is 16.2 Å². The molecule has 0 aliphatic carbocycles. The smallest absolute Gasteiger partial charge is 0.300 e. The first-order valence-electron chi connectivity index (χ1n) is 13.8. The second-order valence-electron chi connectivity index (χ2n) is 12.4. The van der Waals surface area contributed by atoms with E-state index >= 15 is 0 Å². The molecule has 0 amide bonds. The van der Waals surface area contributed by atoms with Gasteiger partial charge in [0, 0.05) is 42.4 Å². The molecule has 0 aromatic heterocycles. The summed E-state index contributed by atoms with van der Waals surface area (Å²) in [5, 5.41) is 11.3. The molecule has 0 fully saturated rings. The van der Waals surface area contributed by atoms with Crippen molar-refractivity contribution < 1.29 is 4.58 Å². The molecule has 0 saturated carbocycles. The molecule has 38 heavy (non-hydrogen) atoms. The average molecular weight is 541 g/mol. The van der Waals surface area contributed by atoms with E-state index in [-0.39, 0.29) is 11.0 Å². The summed E-state index contributed by atoms with van der Waals surface area (Å²) in [6.07, 6.45) is 0.981. The summed E-state index contributed by atoms with van der Waals surface area (Å²) in [6, 6.07) is 27.8. The van der Waals surface area contributed by atoms with Crippen molar-refractivity contribution in [1.82, 2.24) is 0 Å². The van der Waals surface area contributed by atoms with Crippen LogP contribution < -0.4 is 0 Å². The van der Waals surface area contributed by atoms with Crippen LogP contribution in [0.2, 0.25) is 0 Å². The molecule has 4 rings (SSSR count). The van der Waals surface area contributed by atoms with Crippen molar-refractivity contribution in [2.75, 3.05) is 0 Å². The Kier molecular flexibility index (Phi) is 8.27. The van der Waals surface area contributed by atoms with Crippen LogP contribution >= 0.6 is 23.2 Å². The zero-order chi connectivity index (χ0) is 27.7. The van der Waals surface area contributed by atoms with Crippen molar-refractivity contribution in [3.05, 3.63) is 90.0 Å². The van der Waals surface area contributed by atoms with Gasteiger partial charge in [-0.25, -0.2) is 9.84 Å². The predicted molar refractivity (Wildman–Crippen MR) is 168 cm³/mol. The normalized spacial score (nSPS) is 16.8. The molecule has 0 atom stereocenters. The Bertz CT molecular complexity index is 1280. The fraction of sp³-hybridized carbons (Fsp3) is 0.394. The first kappa shape index (κ1) is 28.6. The third-order valence-corrected chi connectivity index (χ3v) is 10.6. The van der Waals surface area contributed by atoms with Crippen molar-refractivity contribution in [1.29, 1.82) is 5.26 Å². The third-order valence-electron chi connectivity index (χ3n) is 7.60. The van der Waals surface area contributed by atoms with Crippen molar-refractivity contribution in [2.24, 2.45) is 5.41 Å². The van der Waals surface area contributed by atoms with E-state index in [9.17, 15) is 5.26 Å². The standard InChI is InChI=1S/C33H41BN2S2/c1-24(2)28-20-15-21-29(25(3)4)30(28)36-31(32(5,6)22-33(36,7)8)34(23-35,37-26-16-11-9-12-17-26)38-27-18-13-10-14-19-27/h9-21,24-25H,22H2,1-8H3. The number of hydrogen-bond acceptors (Lipinski definition) is 3. The van der Waals surface area contributed by atoms with E-state index in [1.54, 1.807) is 23.2 Å². The van der Waals surface area contributed by atoms with Gasteiger partial charge in [-0.2, -0.15) is 0 Å². The van der Waals surface area contributed by atoms with Crippen LogP contribution in [-0.4, -0.2) is 20.4 Å². The number of benzene rings is 3. The second-order valence-corrected chi connectivity index (χ2v) is 15.5. The van der Waals surface area contributed by atoms with Gasteiger partial charge in [0.15, 0.2) is 5.54 Å². The molecule has 1 heterocycles. The summed E-state index contributed by atoms with van der Waals surface area (Å²) in [6.45, 7) is 18.6.